The molecule has 3 aromatic rings. The van der Waals surface area contributed by atoms with Crippen LogP contribution in [0.15, 0.2) is 58.2 Å². The van der Waals surface area contributed by atoms with Gasteiger partial charge in [-0.15, -0.1) is 24.0 Å². The Morgan fingerprint density at radius 3 is 2.61 bits per heavy atom. The fourth-order valence-electron chi connectivity index (χ4n) is 2.91. The molecular formula is C23H31IN6O3. The molecule has 33 heavy (non-hydrogen) atoms. The molecule has 1 unspecified atom stereocenters. The van der Waals surface area contributed by atoms with Gasteiger partial charge < -0.3 is 25.0 Å². The second-order valence-electron chi connectivity index (χ2n) is 7.38. The fourth-order valence-corrected chi connectivity index (χ4v) is 2.91. The second-order valence-corrected chi connectivity index (χ2v) is 7.38. The third-order valence-electron chi connectivity index (χ3n) is 4.40. The van der Waals surface area contributed by atoms with E-state index in [2.05, 4.69) is 30.8 Å². The van der Waals surface area contributed by atoms with Crippen LogP contribution in [0.4, 0.5) is 0 Å². The summed E-state index contributed by atoms with van der Waals surface area (Å²) in [7, 11) is 0. The fraction of sp³-hybridized carbons (Fsp3) is 0.391. The van der Waals surface area contributed by atoms with E-state index in [4.69, 9.17) is 9.26 Å². The molecule has 2 aromatic heterocycles. The van der Waals surface area contributed by atoms with Crippen molar-refractivity contribution in [1.29, 1.82) is 0 Å². The summed E-state index contributed by atoms with van der Waals surface area (Å²) in [6.45, 7) is 7.43. The number of aliphatic hydroxyl groups is 1. The normalized spacial score (nSPS) is 12.2. The van der Waals surface area contributed by atoms with Crippen LogP contribution in [0.25, 0.3) is 11.6 Å². The third kappa shape index (κ3) is 8.61. The Labute approximate surface area is 211 Å². The molecule has 0 aliphatic rings. The minimum absolute atomic E-state index is 0. The molecule has 0 bridgehead atoms. The standard InChI is InChI=1S/C23H30N6O3.HI/c1-4-24-23(27-15-20(30)17-8-10-18(11-9-17)31-16(2)3)26-14-12-21-28-22(32-29-21)19-7-5-6-13-25-19;/h5-11,13,16,20,30H,4,12,14-15H2,1-3H3,(H2,24,26,27);1H. The molecule has 0 aliphatic heterocycles. The van der Waals surface area contributed by atoms with Crippen LogP contribution >= 0.6 is 24.0 Å². The number of ether oxygens (including phenoxy) is 1. The SMILES string of the molecule is CCNC(=NCC(O)c1ccc(OC(C)C)cc1)NCCc1noc(-c2ccccn2)n1.I. The summed E-state index contributed by atoms with van der Waals surface area (Å²) < 4.78 is 10.9. The zero-order valence-electron chi connectivity index (χ0n) is 19.1. The number of guanidine groups is 1. The summed E-state index contributed by atoms with van der Waals surface area (Å²) in [4.78, 5) is 13.1. The maximum Gasteiger partial charge on any atom is 0.276 e. The molecule has 1 atom stereocenters. The minimum Gasteiger partial charge on any atom is -0.491 e. The molecule has 0 saturated heterocycles. The Kier molecular flexibility index (Phi) is 11.0. The van der Waals surface area contributed by atoms with E-state index < -0.39 is 6.10 Å². The minimum atomic E-state index is -0.711. The van der Waals surface area contributed by atoms with Gasteiger partial charge in [0.25, 0.3) is 5.89 Å². The van der Waals surface area contributed by atoms with Gasteiger partial charge in [0.15, 0.2) is 11.8 Å². The van der Waals surface area contributed by atoms with Gasteiger partial charge in [-0.05, 0) is 50.6 Å². The first-order valence-corrected chi connectivity index (χ1v) is 10.8. The quantitative estimate of drug-likeness (QED) is 0.194. The molecule has 0 aliphatic carbocycles. The summed E-state index contributed by atoms with van der Waals surface area (Å²) in [5.74, 6) is 2.37. The lowest BCUT2D eigenvalue weighted by Gasteiger charge is -2.14. The Morgan fingerprint density at radius 1 is 1.15 bits per heavy atom. The van der Waals surface area contributed by atoms with Gasteiger partial charge in [-0.1, -0.05) is 23.4 Å². The number of aliphatic hydroxyl groups excluding tert-OH is 1. The molecule has 3 rings (SSSR count). The first-order valence-electron chi connectivity index (χ1n) is 10.8. The van der Waals surface area contributed by atoms with Crippen molar-refractivity contribution in [1.82, 2.24) is 25.8 Å². The Balaban J connectivity index is 0.00000385. The molecule has 0 fully saturated rings. The number of pyridine rings is 1. The van der Waals surface area contributed by atoms with Crippen molar-refractivity contribution in [3.63, 3.8) is 0 Å². The zero-order chi connectivity index (χ0) is 22.8. The first-order chi connectivity index (χ1) is 15.5. The van der Waals surface area contributed by atoms with Gasteiger partial charge in [0, 0.05) is 25.7 Å². The number of rotatable bonds is 10. The van der Waals surface area contributed by atoms with Crippen LogP contribution in [0.1, 0.15) is 38.3 Å². The molecule has 1 aromatic carbocycles. The largest absolute Gasteiger partial charge is 0.491 e. The Morgan fingerprint density at radius 2 is 1.94 bits per heavy atom. The number of nitrogens with zero attached hydrogens (tertiary/aromatic N) is 4. The van der Waals surface area contributed by atoms with Crippen molar-refractivity contribution in [2.24, 2.45) is 4.99 Å². The number of hydrogen-bond acceptors (Lipinski definition) is 7. The van der Waals surface area contributed by atoms with Crippen LogP contribution in [0.3, 0.4) is 0 Å². The van der Waals surface area contributed by atoms with Gasteiger partial charge in [0.05, 0.1) is 18.8 Å². The maximum absolute atomic E-state index is 10.5. The lowest BCUT2D eigenvalue weighted by Crippen LogP contribution is -2.38. The van der Waals surface area contributed by atoms with Crippen molar-refractivity contribution in [3.05, 3.63) is 60.0 Å². The highest BCUT2D eigenvalue weighted by molar-refractivity contribution is 14.0. The number of halogens is 1. The van der Waals surface area contributed by atoms with Gasteiger partial charge in [-0.3, -0.25) is 9.98 Å². The van der Waals surface area contributed by atoms with E-state index in [1.165, 1.54) is 0 Å². The van der Waals surface area contributed by atoms with Crippen LogP contribution < -0.4 is 15.4 Å². The first kappa shape index (κ1) is 26.5. The average Bonchev–Trinajstić information content (AvgIpc) is 3.27. The van der Waals surface area contributed by atoms with E-state index in [0.29, 0.717) is 42.9 Å². The predicted octanol–water partition coefficient (Wildman–Crippen LogP) is 3.37. The topological polar surface area (TPSA) is 118 Å². The van der Waals surface area contributed by atoms with Crippen molar-refractivity contribution < 1.29 is 14.4 Å². The van der Waals surface area contributed by atoms with Crippen LogP contribution in [0.5, 0.6) is 5.75 Å². The highest BCUT2D eigenvalue weighted by Crippen LogP contribution is 2.19. The monoisotopic (exact) mass is 566 g/mol. The van der Waals surface area contributed by atoms with E-state index in [9.17, 15) is 5.11 Å². The number of aromatic nitrogens is 3. The van der Waals surface area contributed by atoms with Crippen molar-refractivity contribution >= 4 is 29.9 Å². The summed E-state index contributed by atoms with van der Waals surface area (Å²) in [5.41, 5.74) is 1.43. The molecule has 178 valence electrons. The van der Waals surface area contributed by atoms with E-state index in [-0.39, 0.29) is 36.6 Å². The zero-order valence-corrected chi connectivity index (χ0v) is 21.4. The summed E-state index contributed by atoms with van der Waals surface area (Å²) in [5, 5.41) is 20.9. The Bertz CT molecular complexity index is 979. The van der Waals surface area contributed by atoms with Crippen LogP contribution in [0, 0.1) is 0 Å². The smallest absolute Gasteiger partial charge is 0.276 e. The molecule has 0 spiro atoms. The molecule has 0 saturated carbocycles. The second kappa shape index (κ2) is 13.7. The lowest BCUT2D eigenvalue weighted by atomic mass is 10.1. The van der Waals surface area contributed by atoms with Crippen molar-refractivity contribution in [3.8, 4) is 17.3 Å². The van der Waals surface area contributed by atoms with E-state index in [0.717, 1.165) is 11.3 Å². The van der Waals surface area contributed by atoms with Crippen LogP contribution in [0.2, 0.25) is 0 Å². The van der Waals surface area contributed by atoms with E-state index in [1.54, 1.807) is 6.20 Å². The number of hydrogen-bond donors (Lipinski definition) is 3. The molecule has 3 N–H and O–H groups in total. The van der Waals surface area contributed by atoms with Gasteiger partial charge in [-0.25, -0.2) is 0 Å². The van der Waals surface area contributed by atoms with Crippen LogP contribution in [-0.4, -0.2) is 51.9 Å². The van der Waals surface area contributed by atoms with E-state index in [1.807, 2.05) is 63.2 Å². The summed E-state index contributed by atoms with van der Waals surface area (Å²) >= 11 is 0. The molecule has 0 amide bonds. The van der Waals surface area contributed by atoms with Gasteiger partial charge in [-0.2, -0.15) is 4.98 Å². The molecule has 10 heteroatoms. The third-order valence-corrected chi connectivity index (χ3v) is 4.40. The van der Waals surface area contributed by atoms with Gasteiger partial charge in [0.1, 0.15) is 11.4 Å². The summed E-state index contributed by atoms with van der Waals surface area (Å²) in [6, 6.07) is 12.9. The number of nitrogens with one attached hydrogen (secondary N) is 2. The highest BCUT2D eigenvalue weighted by Gasteiger charge is 2.11. The number of aliphatic imine (C=N–C) groups is 1. The molecule has 2 heterocycles. The highest BCUT2D eigenvalue weighted by atomic mass is 127. The van der Waals surface area contributed by atoms with Crippen LogP contribution in [-0.2, 0) is 6.42 Å². The predicted molar refractivity (Wildman–Crippen MR) is 138 cm³/mol. The van der Waals surface area contributed by atoms with E-state index >= 15 is 0 Å². The van der Waals surface area contributed by atoms with Gasteiger partial charge in [0.2, 0.25) is 0 Å². The maximum atomic E-state index is 10.5. The lowest BCUT2D eigenvalue weighted by molar-refractivity contribution is 0.186. The van der Waals surface area contributed by atoms with Crippen molar-refractivity contribution in [2.75, 3.05) is 19.6 Å². The Hall–Kier alpha value is -2.73. The average molecular weight is 566 g/mol. The molecule has 0 radical (unpaired) electrons. The summed E-state index contributed by atoms with van der Waals surface area (Å²) in [6.07, 6.45) is 1.64. The molecule has 9 nitrogen and oxygen atoms in total. The van der Waals surface area contributed by atoms with Crippen molar-refractivity contribution in [2.45, 2.75) is 39.4 Å². The molecular weight excluding hydrogens is 535 g/mol. The van der Waals surface area contributed by atoms with Gasteiger partial charge >= 0.3 is 0 Å². The number of benzene rings is 1.